The Morgan fingerprint density at radius 3 is 2.53 bits per heavy atom. The molecule has 0 aliphatic carbocycles. The standard InChI is InChI=1S/C20H22N2O7S/c1-2-11-21(26)19(23)10-8-16(20(24)25)22(30(27)28)13-7-9-18-15(12-13)14-5-3-4-6-17(14)29-18/h3-7,9,12,16,26H,2,8,10-11H2,1H3,(H,24,25)(H,27,28)/p-1. The molecule has 0 saturated carbocycles. The van der Waals surface area contributed by atoms with Gasteiger partial charge in [0, 0.05) is 35.0 Å². The smallest absolute Gasteiger partial charge is 0.327 e. The number of fused-ring (bicyclic) bond motifs is 3. The number of hydrogen-bond acceptors (Lipinski definition) is 6. The number of hydroxylamine groups is 2. The van der Waals surface area contributed by atoms with E-state index in [1.54, 1.807) is 25.1 Å². The summed E-state index contributed by atoms with van der Waals surface area (Å²) in [6, 6.07) is 10.3. The van der Waals surface area contributed by atoms with Crippen LogP contribution in [0.4, 0.5) is 5.69 Å². The quantitative estimate of drug-likeness (QED) is 0.301. The minimum Gasteiger partial charge on any atom is -0.755 e. The fourth-order valence-electron chi connectivity index (χ4n) is 3.29. The number of rotatable bonds is 9. The molecule has 1 aromatic heterocycles. The van der Waals surface area contributed by atoms with Crippen molar-refractivity contribution in [3.05, 3.63) is 42.5 Å². The van der Waals surface area contributed by atoms with E-state index in [9.17, 15) is 28.7 Å². The third kappa shape index (κ3) is 4.45. The van der Waals surface area contributed by atoms with Crippen molar-refractivity contribution in [3.63, 3.8) is 0 Å². The van der Waals surface area contributed by atoms with Crippen LogP contribution in [-0.2, 0) is 20.9 Å². The van der Waals surface area contributed by atoms with Crippen LogP contribution in [0.3, 0.4) is 0 Å². The number of amides is 1. The Labute approximate surface area is 174 Å². The first kappa shape index (κ1) is 21.8. The molecule has 9 nitrogen and oxygen atoms in total. The van der Waals surface area contributed by atoms with E-state index in [2.05, 4.69) is 0 Å². The number of nitrogens with zero attached hydrogens (tertiary/aromatic N) is 2. The molecule has 30 heavy (non-hydrogen) atoms. The molecule has 0 radical (unpaired) electrons. The van der Waals surface area contributed by atoms with Crippen LogP contribution in [-0.4, -0.2) is 48.6 Å². The van der Waals surface area contributed by atoms with Gasteiger partial charge in [0.25, 0.3) is 0 Å². The number of para-hydroxylation sites is 1. The summed E-state index contributed by atoms with van der Waals surface area (Å²) in [4.78, 5) is 23.8. The first-order chi connectivity index (χ1) is 14.3. The minimum atomic E-state index is -2.91. The Morgan fingerprint density at radius 1 is 1.17 bits per heavy atom. The van der Waals surface area contributed by atoms with E-state index in [-0.39, 0.29) is 25.1 Å². The molecule has 0 saturated heterocycles. The highest BCUT2D eigenvalue weighted by atomic mass is 32.2. The van der Waals surface area contributed by atoms with Gasteiger partial charge in [0.15, 0.2) is 0 Å². The van der Waals surface area contributed by atoms with Crippen LogP contribution in [0.5, 0.6) is 0 Å². The normalized spacial score (nSPS) is 13.3. The second-order valence-corrected chi connectivity index (χ2v) is 7.56. The van der Waals surface area contributed by atoms with Gasteiger partial charge in [-0.15, -0.1) is 0 Å². The largest absolute Gasteiger partial charge is 0.755 e. The van der Waals surface area contributed by atoms with Gasteiger partial charge < -0.3 is 14.1 Å². The summed E-state index contributed by atoms with van der Waals surface area (Å²) >= 11 is -2.91. The number of benzene rings is 2. The van der Waals surface area contributed by atoms with Crippen molar-refractivity contribution in [2.45, 2.75) is 32.2 Å². The van der Waals surface area contributed by atoms with Crippen molar-refractivity contribution in [1.82, 2.24) is 5.06 Å². The highest BCUT2D eigenvalue weighted by Gasteiger charge is 2.29. The van der Waals surface area contributed by atoms with Gasteiger partial charge in [-0.3, -0.25) is 18.5 Å². The van der Waals surface area contributed by atoms with E-state index in [4.69, 9.17) is 4.42 Å². The average Bonchev–Trinajstić information content (AvgIpc) is 3.08. The van der Waals surface area contributed by atoms with Gasteiger partial charge in [0.05, 0.1) is 5.69 Å². The number of furan rings is 1. The van der Waals surface area contributed by atoms with Crippen molar-refractivity contribution in [3.8, 4) is 0 Å². The maximum absolute atomic E-state index is 12.0. The fraction of sp³-hybridized carbons (Fsp3) is 0.300. The lowest BCUT2D eigenvalue weighted by molar-refractivity contribution is -0.165. The van der Waals surface area contributed by atoms with E-state index in [0.29, 0.717) is 28.0 Å². The predicted octanol–water partition coefficient (Wildman–Crippen LogP) is 3.05. The minimum absolute atomic E-state index is 0.109. The molecule has 1 heterocycles. The van der Waals surface area contributed by atoms with Gasteiger partial charge in [-0.1, -0.05) is 25.1 Å². The van der Waals surface area contributed by atoms with Crippen molar-refractivity contribution < 1.29 is 33.1 Å². The lowest BCUT2D eigenvalue weighted by Gasteiger charge is -2.32. The lowest BCUT2D eigenvalue weighted by atomic mass is 10.1. The predicted molar refractivity (Wildman–Crippen MR) is 110 cm³/mol. The Kier molecular flexibility index (Phi) is 6.70. The number of carboxylic acids is 1. The molecule has 0 aliphatic heterocycles. The van der Waals surface area contributed by atoms with E-state index < -0.39 is 29.2 Å². The molecular formula is C20H21N2O7S-. The number of carbonyl (C=O) groups excluding carboxylic acids is 1. The van der Waals surface area contributed by atoms with E-state index in [0.717, 1.165) is 9.69 Å². The summed E-state index contributed by atoms with van der Waals surface area (Å²) in [6.07, 6.45) is -0.0921. The molecule has 1 amide bonds. The Bertz CT molecular complexity index is 1100. The molecule has 3 aromatic rings. The monoisotopic (exact) mass is 433 g/mol. The summed E-state index contributed by atoms with van der Waals surface area (Å²) in [7, 11) is 0. The Morgan fingerprint density at radius 2 is 1.87 bits per heavy atom. The molecule has 0 bridgehead atoms. The molecule has 0 fully saturated rings. The first-order valence-electron chi connectivity index (χ1n) is 9.35. The van der Waals surface area contributed by atoms with Crippen molar-refractivity contribution in [2.24, 2.45) is 0 Å². The zero-order valence-electron chi connectivity index (χ0n) is 16.2. The number of carbonyl (C=O) groups is 2. The second kappa shape index (κ2) is 9.24. The van der Waals surface area contributed by atoms with Crippen LogP contribution in [0.25, 0.3) is 21.9 Å². The SMILES string of the molecule is CCCN(O)C(=O)CCC(C(=O)O)N(c1ccc2oc3ccccc3c2c1)S(=O)[O-]. The van der Waals surface area contributed by atoms with Gasteiger partial charge >= 0.3 is 5.97 Å². The summed E-state index contributed by atoms with van der Waals surface area (Å²) in [6.45, 7) is 1.88. The first-order valence-corrected chi connectivity index (χ1v) is 10.4. The van der Waals surface area contributed by atoms with Crippen molar-refractivity contribution >= 4 is 50.8 Å². The molecule has 2 aromatic carbocycles. The zero-order valence-corrected chi connectivity index (χ0v) is 17.0. The topological polar surface area (TPSA) is 134 Å². The molecule has 0 aliphatic rings. The molecule has 2 unspecified atom stereocenters. The van der Waals surface area contributed by atoms with Crippen LogP contribution in [0.2, 0.25) is 0 Å². The Balaban J connectivity index is 1.94. The summed E-state index contributed by atoms with van der Waals surface area (Å²) in [5.41, 5.74) is 1.30. The van der Waals surface area contributed by atoms with Gasteiger partial charge in [-0.25, -0.2) is 9.86 Å². The highest BCUT2D eigenvalue weighted by molar-refractivity contribution is 7.80. The van der Waals surface area contributed by atoms with Crippen molar-refractivity contribution in [2.75, 3.05) is 10.8 Å². The third-order valence-electron chi connectivity index (χ3n) is 4.70. The molecule has 160 valence electrons. The van der Waals surface area contributed by atoms with Crippen LogP contribution < -0.4 is 4.31 Å². The van der Waals surface area contributed by atoms with E-state index >= 15 is 0 Å². The van der Waals surface area contributed by atoms with Crippen LogP contribution in [0.1, 0.15) is 26.2 Å². The van der Waals surface area contributed by atoms with Gasteiger partial charge in [0.1, 0.15) is 17.2 Å². The summed E-state index contributed by atoms with van der Waals surface area (Å²) in [5, 5.41) is 21.2. The molecule has 0 spiro atoms. The maximum Gasteiger partial charge on any atom is 0.327 e. The third-order valence-corrected chi connectivity index (χ3v) is 5.48. The summed E-state index contributed by atoms with van der Waals surface area (Å²) < 4.78 is 30.4. The molecular weight excluding hydrogens is 412 g/mol. The molecule has 10 heteroatoms. The van der Waals surface area contributed by atoms with Gasteiger partial charge in [0.2, 0.25) is 5.91 Å². The number of hydrogen-bond donors (Lipinski definition) is 2. The van der Waals surface area contributed by atoms with Gasteiger partial charge in [-0.2, -0.15) is 0 Å². The van der Waals surface area contributed by atoms with Crippen LogP contribution in [0.15, 0.2) is 46.9 Å². The Hall–Kier alpha value is -2.95. The molecule has 3 rings (SSSR count). The molecule has 2 atom stereocenters. The average molecular weight is 433 g/mol. The number of carboxylic acid groups (broad SMARTS) is 1. The lowest BCUT2D eigenvalue weighted by Crippen LogP contribution is -2.43. The maximum atomic E-state index is 12.0. The van der Waals surface area contributed by atoms with Crippen molar-refractivity contribution in [1.29, 1.82) is 0 Å². The number of anilines is 1. The van der Waals surface area contributed by atoms with Crippen LogP contribution >= 0.6 is 0 Å². The summed E-state index contributed by atoms with van der Waals surface area (Å²) in [5.74, 6) is -2.07. The van der Waals surface area contributed by atoms with Crippen LogP contribution in [0, 0.1) is 0 Å². The van der Waals surface area contributed by atoms with E-state index in [1.165, 1.54) is 6.07 Å². The zero-order chi connectivity index (χ0) is 21.8. The van der Waals surface area contributed by atoms with Gasteiger partial charge in [-0.05, 0) is 37.1 Å². The van der Waals surface area contributed by atoms with E-state index in [1.807, 2.05) is 18.2 Å². The molecule has 2 N–H and O–H groups in total. The fourth-order valence-corrected chi connectivity index (χ4v) is 3.98. The highest BCUT2D eigenvalue weighted by Crippen LogP contribution is 2.33. The number of aliphatic carboxylic acids is 1. The second-order valence-electron chi connectivity index (χ2n) is 6.73.